The first-order valence-corrected chi connectivity index (χ1v) is 12.2. The molecule has 1 unspecified atom stereocenters. The van der Waals surface area contributed by atoms with Gasteiger partial charge in [-0.1, -0.05) is 18.2 Å². The van der Waals surface area contributed by atoms with Crippen LogP contribution in [0.2, 0.25) is 0 Å². The van der Waals surface area contributed by atoms with Crippen molar-refractivity contribution in [3.8, 4) is 28.7 Å². The molecule has 0 saturated carbocycles. The second-order valence-corrected chi connectivity index (χ2v) is 8.53. The molecule has 4 rings (SSSR count). The van der Waals surface area contributed by atoms with Crippen molar-refractivity contribution < 1.29 is 37.7 Å². The van der Waals surface area contributed by atoms with Crippen molar-refractivity contribution in [3.63, 3.8) is 0 Å². The maximum absolute atomic E-state index is 13.4. The molecule has 0 aliphatic heterocycles. The smallest absolute Gasteiger partial charge is 0.305 e. The Labute approximate surface area is 226 Å². The first kappa shape index (κ1) is 27.4. The summed E-state index contributed by atoms with van der Waals surface area (Å²) in [5.41, 5.74) is 2.27. The van der Waals surface area contributed by atoms with Crippen molar-refractivity contribution >= 4 is 11.8 Å². The van der Waals surface area contributed by atoms with E-state index in [0.29, 0.717) is 34.4 Å². The summed E-state index contributed by atoms with van der Waals surface area (Å²) >= 11 is 0. The number of nitrogens with zero attached hydrogens (tertiary/aromatic N) is 1. The van der Waals surface area contributed by atoms with Crippen LogP contribution in [0.5, 0.6) is 17.2 Å². The maximum atomic E-state index is 13.4. The first-order chi connectivity index (χ1) is 18.8. The van der Waals surface area contributed by atoms with Gasteiger partial charge in [0.1, 0.15) is 35.3 Å². The Hall–Kier alpha value is -4.63. The number of aryl methyl sites for hydroxylation is 1. The summed E-state index contributed by atoms with van der Waals surface area (Å²) in [5.74, 6) is 1.62. The lowest BCUT2D eigenvalue weighted by Crippen LogP contribution is -2.20. The molecule has 0 bridgehead atoms. The molecule has 0 aliphatic rings. The quantitative estimate of drug-likeness (QED) is 0.129. The molecule has 0 aliphatic carbocycles. The minimum atomic E-state index is -0.912. The Morgan fingerprint density at radius 1 is 0.949 bits per heavy atom. The first-order valence-electron chi connectivity index (χ1n) is 12.2. The second-order valence-electron chi connectivity index (χ2n) is 8.53. The Morgan fingerprint density at radius 2 is 1.67 bits per heavy atom. The standard InChI is InChI=1S/C30H29NO8/c1-19-27(31-30(37-19)23-8-6-5-7-9-23)17-35-24-12-10-22(11-13-24)29(33)26-15-14-25(36-18-34-4)16-28(26)39-21(3)38-20(2)32/h5-16,21H,17-18H2,1-4H3. The summed E-state index contributed by atoms with van der Waals surface area (Å²) < 4.78 is 32.9. The van der Waals surface area contributed by atoms with Crippen LogP contribution in [0.3, 0.4) is 0 Å². The van der Waals surface area contributed by atoms with E-state index in [1.165, 1.54) is 14.0 Å². The van der Waals surface area contributed by atoms with Gasteiger partial charge in [-0.3, -0.25) is 9.59 Å². The van der Waals surface area contributed by atoms with Crippen molar-refractivity contribution in [2.45, 2.75) is 33.7 Å². The molecule has 3 aromatic carbocycles. The molecule has 0 radical (unpaired) electrons. The number of ketones is 1. The van der Waals surface area contributed by atoms with E-state index >= 15 is 0 Å². The third-order valence-corrected chi connectivity index (χ3v) is 5.57. The van der Waals surface area contributed by atoms with Crippen LogP contribution in [0.1, 0.15) is 41.2 Å². The molecule has 4 aromatic rings. The number of rotatable bonds is 12. The van der Waals surface area contributed by atoms with E-state index in [1.54, 1.807) is 49.4 Å². The van der Waals surface area contributed by atoms with E-state index in [2.05, 4.69) is 4.98 Å². The SMILES string of the molecule is COCOc1ccc(C(=O)c2ccc(OCc3nc(-c4ccccc4)oc3C)cc2)c(OC(C)OC(C)=O)c1. The fourth-order valence-corrected chi connectivity index (χ4v) is 3.72. The van der Waals surface area contributed by atoms with Gasteiger partial charge >= 0.3 is 5.97 Å². The number of oxazole rings is 1. The molecule has 0 fully saturated rings. The van der Waals surface area contributed by atoms with E-state index in [9.17, 15) is 9.59 Å². The average molecular weight is 532 g/mol. The predicted octanol–water partition coefficient (Wildman–Crippen LogP) is 5.73. The van der Waals surface area contributed by atoms with Crippen LogP contribution in [-0.2, 0) is 20.9 Å². The highest BCUT2D eigenvalue weighted by Gasteiger charge is 2.19. The normalized spacial score (nSPS) is 11.5. The minimum Gasteiger partial charge on any atom is -0.487 e. The summed E-state index contributed by atoms with van der Waals surface area (Å²) in [6.45, 7) is 4.91. The van der Waals surface area contributed by atoms with Gasteiger partial charge in [-0.15, -0.1) is 0 Å². The Balaban J connectivity index is 1.47. The minimum absolute atomic E-state index is 0.0229. The zero-order valence-corrected chi connectivity index (χ0v) is 22.1. The number of carbonyl (C=O) groups is 2. The molecule has 0 amide bonds. The van der Waals surface area contributed by atoms with E-state index in [0.717, 1.165) is 5.56 Å². The second kappa shape index (κ2) is 12.7. The largest absolute Gasteiger partial charge is 0.487 e. The van der Waals surface area contributed by atoms with Gasteiger partial charge in [0.05, 0.1) is 5.56 Å². The molecule has 1 heterocycles. The average Bonchev–Trinajstić information content (AvgIpc) is 3.31. The van der Waals surface area contributed by atoms with Gasteiger partial charge in [-0.2, -0.15) is 0 Å². The lowest BCUT2D eigenvalue weighted by Gasteiger charge is -2.18. The Bertz CT molecular complexity index is 1410. The van der Waals surface area contributed by atoms with Crippen molar-refractivity contribution in [1.82, 2.24) is 4.98 Å². The number of ether oxygens (including phenoxy) is 5. The number of esters is 1. The van der Waals surface area contributed by atoms with Crippen molar-refractivity contribution in [2.75, 3.05) is 13.9 Å². The monoisotopic (exact) mass is 531 g/mol. The van der Waals surface area contributed by atoms with E-state index in [1.807, 2.05) is 37.3 Å². The third kappa shape index (κ3) is 7.24. The fraction of sp³-hybridized carbons (Fsp3) is 0.233. The topological polar surface area (TPSA) is 106 Å². The fourth-order valence-electron chi connectivity index (χ4n) is 3.72. The van der Waals surface area contributed by atoms with Gasteiger partial charge in [-0.25, -0.2) is 4.98 Å². The van der Waals surface area contributed by atoms with Crippen molar-refractivity contribution in [2.24, 2.45) is 0 Å². The molecular formula is C30H29NO8. The molecule has 1 aromatic heterocycles. The van der Waals surface area contributed by atoms with Crippen LogP contribution in [-0.4, -0.2) is 36.9 Å². The zero-order chi connectivity index (χ0) is 27.8. The summed E-state index contributed by atoms with van der Waals surface area (Å²) in [6.07, 6.45) is -0.912. The number of aromatic nitrogens is 1. The highest BCUT2D eigenvalue weighted by molar-refractivity contribution is 6.10. The number of hydrogen-bond donors (Lipinski definition) is 0. The molecule has 0 N–H and O–H groups in total. The highest BCUT2D eigenvalue weighted by Crippen LogP contribution is 2.29. The van der Waals surface area contributed by atoms with Gasteiger partial charge in [0.15, 0.2) is 12.6 Å². The van der Waals surface area contributed by atoms with Gasteiger partial charge in [0, 0.05) is 38.2 Å². The molecule has 1 atom stereocenters. The number of methoxy groups -OCH3 is 1. The maximum Gasteiger partial charge on any atom is 0.305 e. The Morgan fingerprint density at radius 3 is 2.36 bits per heavy atom. The molecule has 0 saturated heterocycles. The highest BCUT2D eigenvalue weighted by atomic mass is 16.7. The van der Waals surface area contributed by atoms with Crippen LogP contribution in [0.15, 0.2) is 77.2 Å². The summed E-state index contributed by atoms with van der Waals surface area (Å²) in [4.78, 5) is 29.2. The van der Waals surface area contributed by atoms with Crippen LogP contribution in [0.4, 0.5) is 0 Å². The van der Waals surface area contributed by atoms with Crippen molar-refractivity contribution in [1.29, 1.82) is 0 Å². The van der Waals surface area contributed by atoms with Gasteiger partial charge < -0.3 is 28.1 Å². The number of hydrogen-bond acceptors (Lipinski definition) is 9. The van der Waals surface area contributed by atoms with E-state index < -0.39 is 12.3 Å². The lowest BCUT2D eigenvalue weighted by atomic mass is 10.0. The van der Waals surface area contributed by atoms with Gasteiger partial charge in [-0.05, 0) is 55.5 Å². The summed E-state index contributed by atoms with van der Waals surface area (Å²) in [6, 6.07) is 21.2. The lowest BCUT2D eigenvalue weighted by molar-refractivity contribution is -0.158. The molecule has 9 nitrogen and oxygen atoms in total. The van der Waals surface area contributed by atoms with Crippen molar-refractivity contribution in [3.05, 3.63) is 95.4 Å². The number of carbonyl (C=O) groups excluding carboxylic acids is 2. The van der Waals surface area contributed by atoms with Gasteiger partial charge in [0.25, 0.3) is 0 Å². The third-order valence-electron chi connectivity index (χ3n) is 5.57. The Kier molecular flexibility index (Phi) is 8.96. The van der Waals surface area contributed by atoms with Crippen LogP contribution in [0, 0.1) is 6.92 Å². The molecule has 202 valence electrons. The number of benzene rings is 3. The molecule has 9 heteroatoms. The molecular weight excluding hydrogens is 502 g/mol. The predicted molar refractivity (Wildman–Crippen MR) is 142 cm³/mol. The zero-order valence-electron chi connectivity index (χ0n) is 22.1. The summed E-state index contributed by atoms with van der Waals surface area (Å²) in [7, 11) is 1.50. The van der Waals surface area contributed by atoms with E-state index in [4.69, 9.17) is 28.1 Å². The molecule has 39 heavy (non-hydrogen) atoms. The van der Waals surface area contributed by atoms with E-state index in [-0.39, 0.29) is 30.5 Å². The van der Waals surface area contributed by atoms with Crippen LogP contribution >= 0.6 is 0 Å². The summed E-state index contributed by atoms with van der Waals surface area (Å²) in [5, 5.41) is 0. The van der Waals surface area contributed by atoms with Crippen LogP contribution in [0.25, 0.3) is 11.5 Å². The molecule has 0 spiro atoms. The van der Waals surface area contributed by atoms with Gasteiger partial charge in [0.2, 0.25) is 12.2 Å². The van der Waals surface area contributed by atoms with Crippen LogP contribution < -0.4 is 14.2 Å².